The maximum atomic E-state index is 11.4. The standard InChI is InChI=1S/C9H10N2O2/c1-4-5-3-11-6(4)8(12)9(13)7(5)10-2/h10-11H,3H2,1-2H3. The summed E-state index contributed by atoms with van der Waals surface area (Å²) in [6.07, 6.45) is 0. The van der Waals surface area contributed by atoms with Crippen molar-refractivity contribution < 1.29 is 9.59 Å². The van der Waals surface area contributed by atoms with Gasteiger partial charge in [-0.1, -0.05) is 0 Å². The summed E-state index contributed by atoms with van der Waals surface area (Å²) in [5, 5.41) is 5.70. The molecule has 0 spiro atoms. The van der Waals surface area contributed by atoms with Gasteiger partial charge in [-0.2, -0.15) is 0 Å². The minimum Gasteiger partial charge on any atom is -0.385 e. The van der Waals surface area contributed by atoms with Crippen molar-refractivity contribution in [3.05, 3.63) is 22.5 Å². The molecule has 2 N–H and O–H groups in total. The maximum absolute atomic E-state index is 11.4. The lowest BCUT2D eigenvalue weighted by Gasteiger charge is -2.12. The smallest absolute Gasteiger partial charge is 0.251 e. The predicted molar refractivity (Wildman–Crippen MR) is 46.8 cm³/mol. The molecule has 4 nitrogen and oxygen atoms in total. The highest BCUT2D eigenvalue weighted by molar-refractivity contribution is 6.50. The molecule has 2 aliphatic rings. The van der Waals surface area contributed by atoms with Gasteiger partial charge >= 0.3 is 0 Å². The second-order valence-electron chi connectivity index (χ2n) is 3.12. The molecule has 0 unspecified atom stereocenters. The highest BCUT2D eigenvalue weighted by Crippen LogP contribution is 2.27. The molecule has 2 bridgehead atoms. The molecule has 2 rings (SSSR count). The van der Waals surface area contributed by atoms with Crippen LogP contribution in [-0.4, -0.2) is 25.2 Å². The van der Waals surface area contributed by atoms with Gasteiger partial charge in [-0.15, -0.1) is 0 Å². The zero-order chi connectivity index (χ0) is 9.59. The largest absolute Gasteiger partial charge is 0.385 e. The van der Waals surface area contributed by atoms with Crippen molar-refractivity contribution in [2.24, 2.45) is 0 Å². The van der Waals surface area contributed by atoms with Crippen LogP contribution >= 0.6 is 0 Å². The Balaban J connectivity index is 2.62. The Labute approximate surface area is 75.7 Å². The van der Waals surface area contributed by atoms with E-state index in [2.05, 4.69) is 10.6 Å². The Morgan fingerprint density at radius 1 is 1.31 bits per heavy atom. The van der Waals surface area contributed by atoms with Gasteiger partial charge in [0.25, 0.3) is 11.6 Å². The SMILES string of the molecule is CNC1=C2CNC(=C2C)C(=O)C1=O. The Morgan fingerprint density at radius 2 is 2.00 bits per heavy atom. The number of hydrogen-bond donors (Lipinski definition) is 2. The molecule has 0 saturated carbocycles. The van der Waals surface area contributed by atoms with E-state index in [1.165, 1.54) is 0 Å². The van der Waals surface area contributed by atoms with Gasteiger partial charge in [0.15, 0.2) is 0 Å². The molecule has 0 aromatic carbocycles. The molecule has 0 aromatic heterocycles. The molecule has 13 heavy (non-hydrogen) atoms. The lowest BCUT2D eigenvalue weighted by Crippen LogP contribution is -2.30. The molecule has 0 atom stereocenters. The number of ketones is 2. The van der Waals surface area contributed by atoms with E-state index in [9.17, 15) is 9.59 Å². The minimum atomic E-state index is -0.428. The van der Waals surface area contributed by atoms with E-state index < -0.39 is 11.6 Å². The fourth-order valence-corrected chi connectivity index (χ4v) is 1.75. The van der Waals surface area contributed by atoms with Crippen molar-refractivity contribution in [1.82, 2.24) is 10.6 Å². The Morgan fingerprint density at radius 3 is 2.62 bits per heavy atom. The first-order valence-electron chi connectivity index (χ1n) is 4.12. The van der Waals surface area contributed by atoms with E-state index in [-0.39, 0.29) is 0 Å². The van der Waals surface area contributed by atoms with Crippen LogP contribution in [0.4, 0.5) is 0 Å². The Kier molecular flexibility index (Phi) is 1.52. The molecule has 1 heterocycles. The van der Waals surface area contributed by atoms with Gasteiger partial charge in [0, 0.05) is 19.2 Å². The monoisotopic (exact) mass is 178 g/mol. The molecule has 0 saturated heterocycles. The molecular weight excluding hydrogens is 168 g/mol. The van der Waals surface area contributed by atoms with Crippen LogP contribution in [0.25, 0.3) is 0 Å². The summed E-state index contributed by atoms with van der Waals surface area (Å²) >= 11 is 0. The van der Waals surface area contributed by atoms with Crippen molar-refractivity contribution in [3.63, 3.8) is 0 Å². The summed E-state index contributed by atoms with van der Waals surface area (Å²) in [4.78, 5) is 22.8. The van der Waals surface area contributed by atoms with E-state index in [1.54, 1.807) is 7.05 Å². The van der Waals surface area contributed by atoms with E-state index in [0.29, 0.717) is 17.9 Å². The van der Waals surface area contributed by atoms with Gasteiger partial charge in [-0.05, 0) is 12.5 Å². The summed E-state index contributed by atoms with van der Waals surface area (Å²) in [6.45, 7) is 2.43. The number of hydrogen-bond acceptors (Lipinski definition) is 4. The Hall–Kier alpha value is -1.58. The van der Waals surface area contributed by atoms with E-state index in [1.807, 2.05) is 6.92 Å². The zero-order valence-corrected chi connectivity index (χ0v) is 7.52. The normalized spacial score (nSPS) is 21.1. The first-order valence-corrected chi connectivity index (χ1v) is 4.12. The Bertz CT molecular complexity index is 377. The van der Waals surface area contributed by atoms with Gasteiger partial charge < -0.3 is 10.6 Å². The van der Waals surface area contributed by atoms with Crippen molar-refractivity contribution in [3.8, 4) is 0 Å². The quantitative estimate of drug-likeness (QED) is 0.419. The summed E-state index contributed by atoms with van der Waals surface area (Å²) < 4.78 is 0. The third-order valence-electron chi connectivity index (χ3n) is 2.48. The van der Waals surface area contributed by atoms with Gasteiger partial charge in [0.2, 0.25) is 0 Å². The summed E-state index contributed by atoms with van der Waals surface area (Å²) in [6, 6.07) is 0. The van der Waals surface area contributed by atoms with Crippen molar-refractivity contribution in [2.75, 3.05) is 13.6 Å². The number of allylic oxidation sites excluding steroid dienone is 2. The molecule has 0 radical (unpaired) electrons. The van der Waals surface area contributed by atoms with Gasteiger partial charge in [-0.3, -0.25) is 9.59 Å². The van der Waals surface area contributed by atoms with E-state index in [0.717, 1.165) is 11.1 Å². The highest BCUT2D eigenvalue weighted by atomic mass is 16.2. The van der Waals surface area contributed by atoms with Gasteiger partial charge in [0.05, 0.1) is 11.4 Å². The van der Waals surface area contributed by atoms with Crippen LogP contribution in [0.5, 0.6) is 0 Å². The van der Waals surface area contributed by atoms with Crippen LogP contribution in [0.2, 0.25) is 0 Å². The topological polar surface area (TPSA) is 58.2 Å². The van der Waals surface area contributed by atoms with Crippen molar-refractivity contribution >= 4 is 11.6 Å². The summed E-state index contributed by atoms with van der Waals surface area (Å²) in [7, 11) is 1.66. The molecule has 0 fully saturated rings. The molecule has 68 valence electrons. The first kappa shape index (κ1) is 8.04. The van der Waals surface area contributed by atoms with Crippen LogP contribution < -0.4 is 10.6 Å². The third-order valence-corrected chi connectivity index (χ3v) is 2.48. The number of fused-ring (bicyclic) bond motifs is 1. The number of likely N-dealkylation sites (N-methyl/N-ethyl adjacent to an activating group) is 1. The fraction of sp³-hybridized carbons (Fsp3) is 0.333. The molecule has 4 heteroatoms. The second kappa shape index (κ2) is 2.45. The van der Waals surface area contributed by atoms with Crippen molar-refractivity contribution in [2.45, 2.75) is 6.92 Å². The summed E-state index contributed by atoms with van der Waals surface area (Å²) in [5.41, 5.74) is 2.73. The fourth-order valence-electron chi connectivity index (χ4n) is 1.75. The average Bonchev–Trinajstić information content (AvgIpc) is 2.42. The molecule has 1 aliphatic carbocycles. The minimum absolute atomic E-state index is 0.428. The molecule has 0 amide bonds. The van der Waals surface area contributed by atoms with Crippen LogP contribution in [0.3, 0.4) is 0 Å². The number of rotatable bonds is 1. The predicted octanol–water partition coefficient (Wildman–Crippen LogP) is -0.511. The highest BCUT2D eigenvalue weighted by Gasteiger charge is 2.36. The van der Waals surface area contributed by atoms with Gasteiger partial charge in [-0.25, -0.2) is 0 Å². The number of carbonyl (C=O) groups is 2. The number of Topliss-reactive ketones (excluding diaryl/α,β-unsaturated/α-hetero) is 2. The average molecular weight is 178 g/mol. The first-order chi connectivity index (χ1) is 6.16. The summed E-state index contributed by atoms with van der Waals surface area (Å²) in [5.74, 6) is -0.855. The third kappa shape index (κ3) is 0.854. The molecule has 0 aromatic rings. The van der Waals surface area contributed by atoms with Crippen LogP contribution in [0, 0.1) is 0 Å². The zero-order valence-electron chi connectivity index (χ0n) is 7.52. The number of carbonyl (C=O) groups excluding carboxylic acids is 2. The molecule has 1 aliphatic heterocycles. The van der Waals surface area contributed by atoms with Crippen molar-refractivity contribution in [1.29, 1.82) is 0 Å². The van der Waals surface area contributed by atoms with Gasteiger partial charge in [0.1, 0.15) is 0 Å². The second-order valence-corrected chi connectivity index (χ2v) is 3.12. The van der Waals surface area contributed by atoms with E-state index in [4.69, 9.17) is 0 Å². The lowest BCUT2D eigenvalue weighted by atomic mass is 9.95. The van der Waals surface area contributed by atoms with Crippen LogP contribution in [0.15, 0.2) is 22.5 Å². The van der Waals surface area contributed by atoms with E-state index >= 15 is 0 Å². The lowest BCUT2D eigenvalue weighted by molar-refractivity contribution is -0.132. The molecular formula is C9H10N2O2. The van der Waals surface area contributed by atoms with Crippen LogP contribution in [0.1, 0.15) is 6.92 Å². The van der Waals surface area contributed by atoms with Crippen LogP contribution in [-0.2, 0) is 9.59 Å². The number of nitrogens with one attached hydrogen (secondary N) is 2. The maximum Gasteiger partial charge on any atom is 0.251 e.